The topological polar surface area (TPSA) is 69.7 Å². The summed E-state index contributed by atoms with van der Waals surface area (Å²) in [6, 6.07) is 17.3. The quantitative estimate of drug-likeness (QED) is 0.131. The average molecular weight is 592 g/mol. The molecule has 6 nitrogen and oxygen atoms in total. The fraction of sp³-hybridized carbons (Fsp3) is 0.455. The van der Waals surface area contributed by atoms with Gasteiger partial charge in [0.1, 0.15) is 10.9 Å². The Morgan fingerprint density at radius 1 is 0.805 bits per heavy atom. The van der Waals surface area contributed by atoms with Gasteiger partial charge in [0, 0.05) is 18.7 Å². The third kappa shape index (κ3) is 8.29. The van der Waals surface area contributed by atoms with Gasteiger partial charge in [0.05, 0.1) is 16.2 Å². The molecule has 0 aliphatic carbocycles. The van der Waals surface area contributed by atoms with E-state index in [0.717, 1.165) is 24.8 Å². The van der Waals surface area contributed by atoms with Crippen LogP contribution >= 0.6 is 24.0 Å². The lowest BCUT2D eigenvalue weighted by Crippen LogP contribution is -2.39. The van der Waals surface area contributed by atoms with Crippen LogP contribution in [0.3, 0.4) is 0 Å². The van der Waals surface area contributed by atoms with Gasteiger partial charge in [-0.3, -0.25) is 24.2 Å². The molecule has 2 aliphatic heterocycles. The molecule has 0 radical (unpaired) electrons. The van der Waals surface area contributed by atoms with Gasteiger partial charge >= 0.3 is 0 Å². The summed E-state index contributed by atoms with van der Waals surface area (Å²) < 4.78 is 0.496. The van der Waals surface area contributed by atoms with Crippen LogP contribution in [-0.4, -0.2) is 46.6 Å². The smallest absolute Gasteiger partial charge is 0.267 e. The van der Waals surface area contributed by atoms with Crippen LogP contribution in [0.15, 0.2) is 59.5 Å². The van der Waals surface area contributed by atoms with Crippen LogP contribution in [-0.2, 0) is 20.8 Å². The molecule has 218 valence electrons. The zero-order chi connectivity index (χ0) is 29.0. The maximum Gasteiger partial charge on any atom is 0.267 e. The highest BCUT2D eigenvalue weighted by atomic mass is 32.2. The predicted octanol–water partition coefficient (Wildman–Crippen LogP) is 6.88. The van der Waals surface area contributed by atoms with E-state index in [2.05, 4.69) is 12.2 Å². The number of amides is 3. The lowest BCUT2D eigenvalue weighted by Gasteiger charge is -2.17. The summed E-state index contributed by atoms with van der Waals surface area (Å²) in [6.45, 7) is 3.19. The summed E-state index contributed by atoms with van der Waals surface area (Å²) in [4.78, 5) is 43.4. The van der Waals surface area contributed by atoms with E-state index < -0.39 is 0 Å². The van der Waals surface area contributed by atoms with Gasteiger partial charge in [-0.25, -0.2) is 0 Å². The molecule has 41 heavy (non-hydrogen) atoms. The van der Waals surface area contributed by atoms with Gasteiger partial charge in [-0.15, -0.1) is 0 Å². The highest BCUT2D eigenvalue weighted by Crippen LogP contribution is 2.44. The standard InChI is InChI=1S/C33H41N3O3S2/c1-2-3-4-5-6-7-8-9-10-16-23-35-32(39)30(41-33(35)40)29-26-19-14-15-20-27(26)36(31(29)38)24-28(37)34-22-21-25-17-12-11-13-18-25/h11-15,17-20H,2-10,16,21-24H2,1H3,(H,34,37)/b30-29-. The Morgan fingerprint density at radius 2 is 1.44 bits per heavy atom. The Hall–Kier alpha value is -2.97. The Morgan fingerprint density at radius 3 is 2.15 bits per heavy atom. The number of hydrogen-bond donors (Lipinski definition) is 1. The number of rotatable bonds is 16. The largest absolute Gasteiger partial charge is 0.354 e. The van der Waals surface area contributed by atoms with Crippen molar-refractivity contribution in [1.29, 1.82) is 0 Å². The monoisotopic (exact) mass is 591 g/mol. The van der Waals surface area contributed by atoms with Gasteiger partial charge in [-0.05, 0) is 24.5 Å². The van der Waals surface area contributed by atoms with Gasteiger partial charge in [0.25, 0.3) is 11.8 Å². The Balaban J connectivity index is 1.32. The van der Waals surface area contributed by atoms with Crippen LogP contribution in [0.2, 0.25) is 0 Å². The summed E-state index contributed by atoms with van der Waals surface area (Å²) in [5, 5.41) is 2.92. The van der Waals surface area contributed by atoms with Crippen LogP contribution in [0.4, 0.5) is 5.69 Å². The molecule has 2 aromatic carbocycles. The van der Waals surface area contributed by atoms with Crippen molar-refractivity contribution in [3.8, 4) is 0 Å². The molecule has 1 fully saturated rings. The first-order chi connectivity index (χ1) is 20.0. The van der Waals surface area contributed by atoms with Crippen molar-refractivity contribution in [3.63, 3.8) is 0 Å². The van der Waals surface area contributed by atoms with E-state index in [1.54, 1.807) is 4.90 Å². The number of thioether (sulfide) groups is 1. The van der Waals surface area contributed by atoms with Gasteiger partial charge in [-0.2, -0.15) is 0 Å². The molecule has 0 atom stereocenters. The molecule has 4 rings (SSSR count). The third-order valence-corrected chi connectivity index (χ3v) is 9.06. The van der Waals surface area contributed by atoms with Gasteiger partial charge in [0.2, 0.25) is 5.91 Å². The van der Waals surface area contributed by atoms with E-state index in [-0.39, 0.29) is 24.3 Å². The minimum absolute atomic E-state index is 0.104. The van der Waals surface area contributed by atoms with E-state index in [9.17, 15) is 14.4 Å². The fourth-order valence-corrected chi connectivity index (χ4v) is 6.73. The first-order valence-electron chi connectivity index (χ1n) is 15.0. The van der Waals surface area contributed by atoms with Crippen LogP contribution in [0.1, 0.15) is 82.3 Å². The third-order valence-electron chi connectivity index (χ3n) is 7.62. The molecule has 0 unspecified atom stereocenters. The van der Waals surface area contributed by atoms with Gasteiger partial charge in [0.15, 0.2) is 0 Å². The second-order valence-electron chi connectivity index (χ2n) is 10.7. The maximum atomic E-state index is 13.6. The molecule has 0 bridgehead atoms. The van der Waals surface area contributed by atoms with Crippen molar-refractivity contribution < 1.29 is 14.4 Å². The van der Waals surface area contributed by atoms with Gasteiger partial charge < -0.3 is 5.32 Å². The number of thiocarbonyl (C=S) groups is 1. The lowest BCUT2D eigenvalue weighted by atomic mass is 10.1. The summed E-state index contributed by atoms with van der Waals surface area (Å²) in [5.74, 6) is -0.772. The lowest BCUT2D eigenvalue weighted by molar-refractivity contribution is -0.122. The van der Waals surface area contributed by atoms with Crippen molar-refractivity contribution in [2.45, 2.75) is 77.6 Å². The predicted molar refractivity (Wildman–Crippen MR) is 173 cm³/mol. The summed E-state index contributed by atoms with van der Waals surface area (Å²) >= 11 is 6.77. The van der Waals surface area contributed by atoms with E-state index in [4.69, 9.17) is 12.2 Å². The molecule has 0 saturated carbocycles. The van der Waals surface area contributed by atoms with Gasteiger partial charge in [-0.1, -0.05) is 137 Å². The molecule has 2 aromatic rings. The highest BCUT2D eigenvalue weighted by Gasteiger charge is 2.42. The number of fused-ring (bicyclic) bond motifs is 1. The Bertz CT molecular complexity index is 1260. The first kappa shape index (κ1) is 31.0. The second kappa shape index (κ2) is 15.9. The zero-order valence-corrected chi connectivity index (χ0v) is 25.7. The second-order valence-corrected chi connectivity index (χ2v) is 12.3. The Kier molecular flexibility index (Phi) is 12.0. The number of unbranched alkanes of at least 4 members (excludes halogenated alkanes) is 9. The minimum atomic E-state index is -0.330. The minimum Gasteiger partial charge on any atom is -0.354 e. The SMILES string of the molecule is CCCCCCCCCCCCN1C(=O)/C(=C2/C(=O)N(CC(=O)NCCc3ccccc3)c3ccccc32)SC1=S. The summed E-state index contributed by atoms with van der Waals surface area (Å²) in [6.07, 6.45) is 12.9. The first-order valence-corrected chi connectivity index (χ1v) is 16.2. The zero-order valence-electron chi connectivity index (χ0n) is 24.0. The van der Waals surface area contributed by atoms with Crippen molar-refractivity contribution in [3.05, 3.63) is 70.6 Å². The summed E-state index contributed by atoms with van der Waals surface area (Å²) in [5.41, 5.74) is 2.80. The average Bonchev–Trinajstić information content (AvgIpc) is 3.41. The molecular weight excluding hydrogens is 551 g/mol. The van der Waals surface area contributed by atoms with Crippen molar-refractivity contribution in [1.82, 2.24) is 10.2 Å². The number of anilines is 1. The number of carbonyl (C=O) groups is 3. The van der Waals surface area contributed by atoms with Crippen LogP contribution in [0.25, 0.3) is 5.57 Å². The molecule has 2 heterocycles. The number of para-hydroxylation sites is 1. The van der Waals surface area contributed by atoms with Crippen molar-refractivity contribution in [2.24, 2.45) is 0 Å². The van der Waals surface area contributed by atoms with Crippen LogP contribution in [0, 0.1) is 0 Å². The molecular formula is C33H41N3O3S2. The number of hydrogen-bond acceptors (Lipinski definition) is 5. The van der Waals surface area contributed by atoms with E-state index >= 15 is 0 Å². The highest BCUT2D eigenvalue weighted by molar-refractivity contribution is 8.26. The van der Waals surface area contributed by atoms with E-state index in [1.165, 1.54) is 61.6 Å². The molecule has 2 aliphatic rings. The van der Waals surface area contributed by atoms with E-state index in [1.807, 2.05) is 54.6 Å². The Labute approximate surface area is 253 Å². The molecule has 1 saturated heterocycles. The summed E-state index contributed by atoms with van der Waals surface area (Å²) in [7, 11) is 0. The number of benzene rings is 2. The van der Waals surface area contributed by atoms with Crippen LogP contribution < -0.4 is 10.2 Å². The van der Waals surface area contributed by atoms with Crippen molar-refractivity contribution >= 4 is 57.3 Å². The molecule has 1 N–H and O–H groups in total. The molecule has 0 aromatic heterocycles. The van der Waals surface area contributed by atoms with Crippen LogP contribution in [0.5, 0.6) is 0 Å². The molecule has 0 spiro atoms. The number of nitrogens with zero attached hydrogens (tertiary/aromatic N) is 2. The number of carbonyl (C=O) groups excluding carboxylic acids is 3. The molecule has 3 amide bonds. The van der Waals surface area contributed by atoms with E-state index in [0.29, 0.717) is 45.6 Å². The normalized spacial score (nSPS) is 16.6. The fourth-order valence-electron chi connectivity index (χ4n) is 5.35. The molecule has 8 heteroatoms. The maximum absolute atomic E-state index is 13.6. The van der Waals surface area contributed by atoms with Crippen molar-refractivity contribution in [2.75, 3.05) is 24.5 Å². The number of nitrogens with one attached hydrogen (secondary N) is 1.